The van der Waals surface area contributed by atoms with Crippen molar-refractivity contribution in [3.05, 3.63) is 88.9 Å². The van der Waals surface area contributed by atoms with Gasteiger partial charge in [-0.25, -0.2) is 14.8 Å². The van der Waals surface area contributed by atoms with E-state index in [0.29, 0.717) is 53.6 Å². The number of hydrogen-bond donors (Lipinski definition) is 5. The zero-order chi connectivity index (χ0) is 49.9. The van der Waals surface area contributed by atoms with Crippen molar-refractivity contribution in [3.8, 4) is 35.1 Å². The van der Waals surface area contributed by atoms with Crippen LogP contribution < -0.4 is 20.3 Å². The van der Waals surface area contributed by atoms with Crippen molar-refractivity contribution in [2.45, 2.75) is 115 Å². The van der Waals surface area contributed by atoms with Crippen LogP contribution in [-0.4, -0.2) is 139 Å². The van der Waals surface area contributed by atoms with E-state index in [1.165, 1.54) is 17.6 Å². The number of urea groups is 1. The zero-order valence-corrected chi connectivity index (χ0v) is 41.5. The minimum Gasteiger partial charge on any atom is -0.507 e. The second-order valence-electron chi connectivity index (χ2n) is 21.7. The van der Waals surface area contributed by atoms with Gasteiger partial charge in [0.15, 0.2) is 5.65 Å². The van der Waals surface area contributed by atoms with E-state index >= 15 is 0 Å². The number of rotatable bonds is 10. The van der Waals surface area contributed by atoms with E-state index in [-0.39, 0.29) is 36.2 Å². The van der Waals surface area contributed by atoms with E-state index < -0.39 is 41.5 Å². The Morgan fingerprint density at radius 2 is 1.73 bits per heavy atom. The minimum absolute atomic E-state index is 0.00608. The lowest BCUT2D eigenvalue weighted by atomic mass is 9.60. The van der Waals surface area contributed by atoms with Gasteiger partial charge >= 0.3 is 6.03 Å². The summed E-state index contributed by atoms with van der Waals surface area (Å²) in [4.78, 5) is 63.3. The van der Waals surface area contributed by atoms with Gasteiger partial charge in [0.05, 0.1) is 31.0 Å². The third kappa shape index (κ3) is 9.12. The highest BCUT2D eigenvalue weighted by atomic mass is 16.5. The summed E-state index contributed by atoms with van der Waals surface area (Å²) in [6.07, 6.45) is 13.8. The number of carbonyl (C=O) groups excluding carboxylic acids is 3. The summed E-state index contributed by atoms with van der Waals surface area (Å²) in [5.41, 5.74) is 6.28. The van der Waals surface area contributed by atoms with Gasteiger partial charge in [-0.1, -0.05) is 44.9 Å². The molecule has 0 radical (unpaired) electrons. The molecule has 0 bridgehead atoms. The van der Waals surface area contributed by atoms with Crippen molar-refractivity contribution in [2.75, 3.05) is 51.3 Å². The Balaban J connectivity index is 0.698. The molecule has 372 valence electrons. The highest BCUT2D eigenvalue weighted by Gasteiger charge is 2.56. The smallest absolute Gasteiger partial charge is 0.318 e. The fourth-order valence-electron chi connectivity index (χ4n) is 11.9. The molecule has 10 rings (SSSR count). The fourth-order valence-corrected chi connectivity index (χ4v) is 11.9. The third-order valence-electron chi connectivity index (χ3n) is 15.9. The lowest BCUT2D eigenvalue weighted by molar-refractivity contribution is -0.142. The van der Waals surface area contributed by atoms with Crippen molar-refractivity contribution in [1.29, 1.82) is 0 Å². The summed E-state index contributed by atoms with van der Waals surface area (Å²) in [5, 5.41) is 37.1. The number of methoxy groups -OCH3 is 1. The number of benzene rings is 2. The van der Waals surface area contributed by atoms with Crippen LogP contribution >= 0.6 is 0 Å². The van der Waals surface area contributed by atoms with E-state index in [0.717, 1.165) is 79.6 Å². The predicted octanol–water partition coefficient (Wildman–Crippen LogP) is 5.84. The number of piperidine rings is 1. The van der Waals surface area contributed by atoms with Crippen LogP contribution in [0.15, 0.2) is 60.9 Å². The predicted molar refractivity (Wildman–Crippen MR) is 268 cm³/mol. The van der Waals surface area contributed by atoms with Crippen molar-refractivity contribution in [3.63, 3.8) is 0 Å². The Kier molecular flexibility index (Phi) is 12.7. The molecule has 7 heterocycles. The number of hydrogen-bond acceptors (Lipinski definition) is 12. The molecule has 0 unspecified atom stereocenters. The van der Waals surface area contributed by atoms with Gasteiger partial charge in [0.25, 0.3) is 0 Å². The van der Waals surface area contributed by atoms with Crippen molar-refractivity contribution in [2.24, 2.45) is 10.8 Å². The number of amides is 4. The van der Waals surface area contributed by atoms with Crippen LogP contribution in [0.3, 0.4) is 0 Å². The number of para-hydroxylation sites is 1. The topological polar surface area (TPSA) is 205 Å². The van der Waals surface area contributed by atoms with Crippen LogP contribution in [-0.2, 0) is 16.0 Å². The van der Waals surface area contributed by atoms with E-state index in [1.54, 1.807) is 29.2 Å². The van der Waals surface area contributed by atoms with Crippen LogP contribution in [0.4, 0.5) is 10.7 Å². The first kappa shape index (κ1) is 47.9. The molecule has 17 nitrogen and oxygen atoms in total. The molecule has 3 aromatic heterocycles. The van der Waals surface area contributed by atoms with Gasteiger partial charge < -0.3 is 50.2 Å². The molecule has 1 aliphatic carbocycles. The van der Waals surface area contributed by atoms with Gasteiger partial charge in [-0.05, 0) is 99.8 Å². The minimum atomic E-state index is -0.915. The lowest BCUT2D eigenvalue weighted by Gasteiger charge is -2.61. The molecule has 1 saturated carbocycles. The third-order valence-corrected chi connectivity index (χ3v) is 15.9. The normalized spacial score (nSPS) is 22.3. The SMILES string of the molecule is C#Cc1ccc([C@H](C)NC(=O)[C@@H]2C[C@@H](O)CN2C(=O)[C@@H](NC(=O)N2CC3(CC(N4CCC(c5cnc(N6CCc7[nH]c8nnc(-c9ccccc9O)cc8c7[C@H]6C)nc5)CC4)C3)C2)C(C)(C)C)c(OC)c1. The number of aromatic amines is 1. The number of nitrogens with zero attached hydrogens (tertiary/aromatic N) is 8. The number of phenolic OH excluding ortho intramolecular Hbond substituents is 1. The summed E-state index contributed by atoms with van der Waals surface area (Å²) in [6.45, 7) is 13.7. The number of terminal acetylenes is 1. The largest absolute Gasteiger partial charge is 0.507 e. The molecule has 5 N–H and O–H groups in total. The Bertz CT molecular complexity index is 2870. The standard InChI is InChI=1S/C54H65N11O6/c1-8-33-13-14-38(45(21-33)71-7)31(2)57-49(68)43-22-37(66)28-65(43)50(69)47(53(4,5)6)59-52(70)63-29-54(30-63)24-36(25-54)62-18-15-34(16-19-62)35-26-55-51(56-27-35)64-20-17-41-46(32(64)3)40-23-42(60-61-48(40)58-41)39-11-9-10-12-44(39)67/h1,9-14,21,23,26-27,31-32,34,36-37,43,47,66-67H,15-20,22,24-25,28-30H2,2-7H3,(H,57,68)(H,58,61)(H,59,70)/t31-,32+,37+,43-,47+/m0/s1. The number of aliphatic hydroxyl groups excluding tert-OH is 1. The van der Waals surface area contributed by atoms with Gasteiger partial charge in [0.1, 0.15) is 23.6 Å². The number of phenols is 1. The lowest BCUT2D eigenvalue weighted by Crippen LogP contribution is -2.70. The Morgan fingerprint density at radius 3 is 2.42 bits per heavy atom. The molecule has 5 aromatic rings. The molecule has 5 aliphatic rings. The number of fused-ring (bicyclic) bond motifs is 3. The van der Waals surface area contributed by atoms with E-state index in [9.17, 15) is 24.6 Å². The summed E-state index contributed by atoms with van der Waals surface area (Å²) in [5.74, 6) is 3.61. The van der Waals surface area contributed by atoms with Crippen LogP contribution in [0.5, 0.6) is 11.5 Å². The number of nitrogens with one attached hydrogen (secondary N) is 3. The molecular weight excluding hydrogens is 899 g/mol. The number of β-amino-alcohol motifs (C(OH)–C–C–N with tert-alkyl or cyclic N) is 1. The van der Waals surface area contributed by atoms with Gasteiger partial charge in [-0.15, -0.1) is 16.6 Å². The van der Waals surface area contributed by atoms with E-state index in [4.69, 9.17) is 21.1 Å². The number of aliphatic hydroxyl groups is 1. The Labute approximate surface area is 414 Å². The van der Waals surface area contributed by atoms with Crippen LogP contribution in [0, 0.1) is 23.2 Å². The summed E-state index contributed by atoms with van der Waals surface area (Å²) < 4.78 is 5.54. The second kappa shape index (κ2) is 18.8. The maximum atomic E-state index is 14.3. The van der Waals surface area contributed by atoms with Crippen molar-refractivity contribution in [1.82, 2.24) is 50.5 Å². The molecule has 4 amide bonds. The first-order valence-electron chi connectivity index (χ1n) is 25.0. The number of aromatic nitrogens is 5. The maximum absolute atomic E-state index is 14.3. The molecule has 1 spiro atoms. The average molecular weight is 964 g/mol. The number of likely N-dealkylation sites (tertiary alicyclic amines) is 3. The van der Waals surface area contributed by atoms with Gasteiger partial charge in [-0.2, -0.15) is 0 Å². The molecule has 17 heteroatoms. The molecule has 71 heavy (non-hydrogen) atoms. The maximum Gasteiger partial charge on any atom is 0.318 e. The highest BCUT2D eigenvalue weighted by molar-refractivity contribution is 5.93. The van der Waals surface area contributed by atoms with Crippen LogP contribution in [0.1, 0.15) is 113 Å². The number of H-pyrrole nitrogens is 1. The number of ether oxygens (including phenoxy) is 1. The molecule has 3 saturated heterocycles. The van der Waals surface area contributed by atoms with Crippen LogP contribution in [0.2, 0.25) is 0 Å². The van der Waals surface area contributed by atoms with Gasteiger partial charge in [-0.3, -0.25) is 9.59 Å². The first-order chi connectivity index (χ1) is 34.0. The summed E-state index contributed by atoms with van der Waals surface area (Å²) in [6, 6.07) is 12.4. The number of carbonyl (C=O) groups is 3. The molecule has 4 aliphatic heterocycles. The van der Waals surface area contributed by atoms with Crippen LogP contribution in [0.25, 0.3) is 22.3 Å². The Hall–Kier alpha value is -6.77. The zero-order valence-electron chi connectivity index (χ0n) is 41.5. The highest BCUT2D eigenvalue weighted by Crippen LogP contribution is 2.51. The molecule has 5 atom stereocenters. The monoisotopic (exact) mass is 964 g/mol. The van der Waals surface area contributed by atoms with E-state index in [1.807, 2.05) is 64.4 Å². The van der Waals surface area contributed by atoms with Crippen molar-refractivity contribution < 1.29 is 29.3 Å². The van der Waals surface area contributed by atoms with Gasteiger partial charge in [0, 0.05) is 96.2 Å². The average Bonchev–Trinajstić information content (AvgIpc) is 3.92. The molecule has 4 fully saturated rings. The fraction of sp³-hybridized carbons (Fsp3) is 0.500. The second-order valence-corrected chi connectivity index (χ2v) is 21.7. The van der Waals surface area contributed by atoms with Gasteiger partial charge in [0.2, 0.25) is 17.8 Å². The Morgan fingerprint density at radius 1 is 1.00 bits per heavy atom. The molecular formula is C54H65N11O6. The quantitative estimate of drug-likeness (QED) is 0.105. The molecule has 2 aromatic carbocycles. The summed E-state index contributed by atoms with van der Waals surface area (Å²) >= 11 is 0. The van der Waals surface area contributed by atoms with Crippen molar-refractivity contribution >= 4 is 34.8 Å². The number of aromatic hydroxyl groups is 1. The summed E-state index contributed by atoms with van der Waals surface area (Å²) in [7, 11) is 1.54. The van der Waals surface area contributed by atoms with E-state index in [2.05, 4.69) is 48.5 Å². The first-order valence-corrected chi connectivity index (χ1v) is 25.0. The number of anilines is 1.